The highest BCUT2D eigenvalue weighted by molar-refractivity contribution is 7.00. The molecule has 0 saturated carbocycles. The van der Waals surface area contributed by atoms with Gasteiger partial charge < -0.3 is 9.73 Å². The second-order valence-electron chi connectivity index (χ2n) is 7.15. The van der Waals surface area contributed by atoms with Gasteiger partial charge in [0.15, 0.2) is 0 Å². The van der Waals surface area contributed by atoms with E-state index >= 15 is 0 Å². The minimum Gasteiger partial charge on any atom is -0.425 e. The molecular formula is C22H23N5O2S. The van der Waals surface area contributed by atoms with E-state index in [2.05, 4.69) is 48.5 Å². The third kappa shape index (κ3) is 5.70. The van der Waals surface area contributed by atoms with Crippen LogP contribution in [0.1, 0.15) is 42.2 Å². The van der Waals surface area contributed by atoms with Crippen LogP contribution in [0.25, 0.3) is 11.0 Å². The smallest absolute Gasteiger partial charge is 0.220 e. The molecule has 0 aliphatic carbocycles. The lowest BCUT2D eigenvalue weighted by atomic mass is 10.1. The minimum absolute atomic E-state index is 0.0471. The van der Waals surface area contributed by atoms with Crippen LogP contribution in [0.5, 0.6) is 0 Å². The molecule has 0 radical (unpaired) electrons. The first-order valence-corrected chi connectivity index (χ1v) is 10.8. The zero-order valence-electron chi connectivity index (χ0n) is 16.6. The molecule has 30 heavy (non-hydrogen) atoms. The van der Waals surface area contributed by atoms with Gasteiger partial charge >= 0.3 is 0 Å². The molecule has 0 bridgehead atoms. The van der Waals surface area contributed by atoms with E-state index in [4.69, 9.17) is 4.42 Å². The molecule has 8 heteroatoms. The molecule has 0 aliphatic heterocycles. The third-order valence-corrected chi connectivity index (χ3v) is 5.39. The van der Waals surface area contributed by atoms with Crippen molar-refractivity contribution in [2.75, 3.05) is 0 Å². The molecule has 4 aromatic rings. The van der Waals surface area contributed by atoms with Gasteiger partial charge in [-0.2, -0.15) is 8.75 Å². The standard InChI is InChI=1S/C22H23N5O2S/c28-20(23-15-17-10-11-18-19(14-17)27-30-26-18)12-13-22-25-24-21(29-22)9-5-4-8-16-6-2-1-3-7-16/h1-3,6-7,10-11,14H,4-5,8-9,12-13,15H2,(H,23,28). The first kappa shape index (κ1) is 20.2. The summed E-state index contributed by atoms with van der Waals surface area (Å²) in [5, 5.41) is 11.1. The summed E-state index contributed by atoms with van der Waals surface area (Å²) in [4.78, 5) is 12.1. The molecule has 0 saturated heterocycles. The van der Waals surface area contributed by atoms with Gasteiger partial charge in [-0.3, -0.25) is 4.79 Å². The number of benzene rings is 2. The van der Waals surface area contributed by atoms with Crippen LogP contribution in [0.15, 0.2) is 52.9 Å². The summed E-state index contributed by atoms with van der Waals surface area (Å²) < 4.78 is 14.1. The van der Waals surface area contributed by atoms with Gasteiger partial charge in [0.2, 0.25) is 17.7 Å². The Bertz CT molecular complexity index is 1090. The number of hydrogen-bond donors (Lipinski definition) is 1. The Balaban J connectivity index is 1.15. The van der Waals surface area contributed by atoms with Gasteiger partial charge in [-0.15, -0.1) is 10.2 Å². The molecule has 154 valence electrons. The summed E-state index contributed by atoms with van der Waals surface area (Å²) in [6, 6.07) is 16.3. The Morgan fingerprint density at radius 1 is 0.867 bits per heavy atom. The molecule has 2 aromatic carbocycles. The Hall–Kier alpha value is -3.13. The number of carbonyl (C=O) groups excluding carboxylic acids is 1. The molecule has 0 aliphatic rings. The van der Waals surface area contributed by atoms with Crippen LogP contribution in [-0.4, -0.2) is 24.9 Å². The maximum Gasteiger partial charge on any atom is 0.220 e. The quantitative estimate of drug-likeness (QED) is 0.391. The fraction of sp³-hybridized carbons (Fsp3) is 0.318. The first-order chi connectivity index (χ1) is 14.8. The zero-order valence-corrected chi connectivity index (χ0v) is 17.4. The van der Waals surface area contributed by atoms with Crippen molar-refractivity contribution >= 4 is 28.7 Å². The highest BCUT2D eigenvalue weighted by atomic mass is 32.1. The third-order valence-electron chi connectivity index (χ3n) is 4.83. The number of aryl methyl sites for hydroxylation is 3. The van der Waals surface area contributed by atoms with Crippen molar-refractivity contribution in [1.82, 2.24) is 24.3 Å². The predicted octanol–water partition coefficient (Wildman–Crippen LogP) is 3.89. The molecule has 1 N–H and O–H groups in total. The lowest BCUT2D eigenvalue weighted by molar-refractivity contribution is -0.121. The van der Waals surface area contributed by atoms with Crippen molar-refractivity contribution in [2.45, 2.75) is 45.1 Å². The summed E-state index contributed by atoms with van der Waals surface area (Å²) in [6.45, 7) is 0.461. The molecule has 4 rings (SSSR count). The van der Waals surface area contributed by atoms with Crippen LogP contribution < -0.4 is 5.32 Å². The van der Waals surface area contributed by atoms with Gasteiger partial charge in [0.05, 0.1) is 11.7 Å². The summed E-state index contributed by atoms with van der Waals surface area (Å²) in [7, 11) is 0. The Morgan fingerprint density at radius 3 is 2.50 bits per heavy atom. The van der Waals surface area contributed by atoms with Gasteiger partial charge in [0.25, 0.3) is 0 Å². The molecule has 0 atom stereocenters. The fourth-order valence-electron chi connectivity index (χ4n) is 3.19. The lowest BCUT2D eigenvalue weighted by Crippen LogP contribution is -2.23. The molecule has 0 spiro atoms. The van der Waals surface area contributed by atoms with Crippen molar-refractivity contribution in [3.8, 4) is 0 Å². The van der Waals surface area contributed by atoms with Gasteiger partial charge in [-0.05, 0) is 42.5 Å². The predicted molar refractivity (Wildman–Crippen MR) is 115 cm³/mol. The summed E-state index contributed by atoms with van der Waals surface area (Å²) in [5.41, 5.74) is 4.08. The molecular weight excluding hydrogens is 398 g/mol. The SMILES string of the molecule is O=C(CCc1nnc(CCCCc2ccccc2)o1)NCc1ccc2nsnc2c1. The fourth-order valence-corrected chi connectivity index (χ4v) is 3.70. The van der Waals surface area contributed by atoms with Gasteiger partial charge in [-0.1, -0.05) is 36.4 Å². The number of rotatable bonds is 10. The Labute approximate surface area is 178 Å². The Kier molecular flexibility index (Phi) is 6.76. The number of fused-ring (bicyclic) bond motifs is 1. The monoisotopic (exact) mass is 421 g/mol. The maximum absolute atomic E-state index is 12.1. The summed E-state index contributed by atoms with van der Waals surface area (Å²) >= 11 is 1.19. The minimum atomic E-state index is -0.0471. The number of carbonyl (C=O) groups is 1. The van der Waals surface area contributed by atoms with Crippen LogP contribution in [0.3, 0.4) is 0 Å². The van der Waals surface area contributed by atoms with E-state index in [9.17, 15) is 4.79 Å². The average Bonchev–Trinajstić information content (AvgIpc) is 3.43. The van der Waals surface area contributed by atoms with Crippen LogP contribution in [0, 0.1) is 0 Å². The topological polar surface area (TPSA) is 93.8 Å². The van der Waals surface area contributed by atoms with E-state index in [-0.39, 0.29) is 5.91 Å². The average molecular weight is 422 g/mol. The highest BCUT2D eigenvalue weighted by Crippen LogP contribution is 2.13. The van der Waals surface area contributed by atoms with Crippen LogP contribution in [0.2, 0.25) is 0 Å². The van der Waals surface area contributed by atoms with Gasteiger partial charge in [-0.25, -0.2) is 0 Å². The van der Waals surface area contributed by atoms with E-state index < -0.39 is 0 Å². The van der Waals surface area contributed by atoms with Crippen molar-refractivity contribution in [3.63, 3.8) is 0 Å². The van der Waals surface area contributed by atoms with Crippen molar-refractivity contribution in [3.05, 3.63) is 71.4 Å². The second kappa shape index (κ2) is 10.1. The number of nitrogens with one attached hydrogen (secondary N) is 1. The zero-order chi connectivity index (χ0) is 20.6. The van der Waals surface area contributed by atoms with Crippen LogP contribution in [0.4, 0.5) is 0 Å². The molecule has 2 aromatic heterocycles. The summed E-state index contributed by atoms with van der Waals surface area (Å²) in [5.74, 6) is 1.11. The number of nitrogens with zero attached hydrogens (tertiary/aromatic N) is 4. The van der Waals surface area contributed by atoms with Gasteiger partial charge in [0, 0.05) is 25.8 Å². The number of aromatic nitrogens is 4. The van der Waals surface area contributed by atoms with E-state index in [1.165, 1.54) is 17.3 Å². The number of amides is 1. The molecule has 1 amide bonds. The highest BCUT2D eigenvalue weighted by Gasteiger charge is 2.09. The molecule has 0 unspecified atom stereocenters. The Morgan fingerprint density at radius 2 is 1.63 bits per heavy atom. The number of hydrogen-bond acceptors (Lipinski definition) is 7. The largest absolute Gasteiger partial charge is 0.425 e. The first-order valence-electron chi connectivity index (χ1n) is 10.1. The van der Waals surface area contributed by atoms with Crippen molar-refractivity contribution in [2.24, 2.45) is 0 Å². The second-order valence-corrected chi connectivity index (χ2v) is 7.67. The van der Waals surface area contributed by atoms with E-state index in [0.29, 0.717) is 31.2 Å². The summed E-state index contributed by atoms with van der Waals surface area (Å²) in [6.07, 6.45) is 4.64. The molecule has 0 fully saturated rings. The van der Waals surface area contributed by atoms with Crippen LogP contribution in [-0.2, 0) is 30.6 Å². The van der Waals surface area contributed by atoms with Crippen molar-refractivity contribution < 1.29 is 9.21 Å². The van der Waals surface area contributed by atoms with E-state index in [1.807, 2.05) is 24.3 Å². The maximum atomic E-state index is 12.1. The lowest BCUT2D eigenvalue weighted by Gasteiger charge is -2.04. The molecule has 7 nitrogen and oxygen atoms in total. The van der Waals surface area contributed by atoms with Gasteiger partial charge in [0.1, 0.15) is 11.0 Å². The van der Waals surface area contributed by atoms with E-state index in [0.717, 1.165) is 42.3 Å². The molecule has 2 heterocycles. The number of unbranched alkanes of at least 4 members (excludes halogenated alkanes) is 1. The normalized spacial score (nSPS) is 11.1. The van der Waals surface area contributed by atoms with Crippen molar-refractivity contribution in [1.29, 1.82) is 0 Å². The van der Waals surface area contributed by atoms with Crippen LogP contribution >= 0.6 is 11.7 Å². The van der Waals surface area contributed by atoms with E-state index in [1.54, 1.807) is 0 Å².